The van der Waals surface area contributed by atoms with Crippen LogP contribution in [-0.4, -0.2) is 32.1 Å². The Morgan fingerprint density at radius 3 is 2.71 bits per heavy atom. The van der Waals surface area contributed by atoms with Gasteiger partial charge in [-0.2, -0.15) is 0 Å². The predicted octanol–water partition coefficient (Wildman–Crippen LogP) is 2.72. The first-order valence-electron chi connectivity index (χ1n) is 6.10. The summed E-state index contributed by atoms with van der Waals surface area (Å²) in [5.41, 5.74) is 1.50. The van der Waals surface area contributed by atoms with Crippen molar-refractivity contribution in [2.45, 2.75) is 6.04 Å². The van der Waals surface area contributed by atoms with Crippen LogP contribution in [0, 0.1) is 5.92 Å². The van der Waals surface area contributed by atoms with Gasteiger partial charge in [0.05, 0.1) is 0 Å². The number of thiophene rings is 1. The Morgan fingerprint density at radius 1 is 1.29 bits per heavy atom. The van der Waals surface area contributed by atoms with Crippen molar-refractivity contribution in [1.29, 1.82) is 0 Å². The molecular weight excluding hydrogens is 228 g/mol. The van der Waals surface area contributed by atoms with Gasteiger partial charge in [-0.15, -0.1) is 11.3 Å². The van der Waals surface area contributed by atoms with Crippen LogP contribution in [0.2, 0.25) is 0 Å². The van der Waals surface area contributed by atoms with Gasteiger partial charge in [0.1, 0.15) is 0 Å². The summed E-state index contributed by atoms with van der Waals surface area (Å²) in [6.45, 7) is 2.29. The molecule has 3 rings (SSSR count). The Labute approximate surface area is 106 Å². The van der Waals surface area contributed by atoms with Gasteiger partial charge < -0.3 is 10.2 Å². The van der Waals surface area contributed by atoms with Crippen molar-refractivity contribution in [2.24, 2.45) is 5.92 Å². The highest BCUT2D eigenvalue weighted by molar-refractivity contribution is 7.17. The number of hydrogen-bond acceptors (Lipinski definition) is 3. The molecule has 0 saturated carbocycles. The van der Waals surface area contributed by atoms with Gasteiger partial charge in [-0.3, -0.25) is 0 Å². The van der Waals surface area contributed by atoms with E-state index in [1.165, 1.54) is 15.6 Å². The zero-order valence-corrected chi connectivity index (χ0v) is 11.1. The SMILES string of the molecule is CN(C)C(c1csc2ccccc12)C1CNC1. The fourth-order valence-corrected chi connectivity index (χ4v) is 3.71. The van der Waals surface area contributed by atoms with Gasteiger partial charge in [0.2, 0.25) is 0 Å². The Balaban J connectivity index is 2.05. The Bertz CT molecular complexity index is 514. The highest BCUT2D eigenvalue weighted by atomic mass is 32.1. The Morgan fingerprint density at radius 2 is 2.06 bits per heavy atom. The number of rotatable bonds is 3. The lowest BCUT2D eigenvalue weighted by atomic mass is 9.87. The van der Waals surface area contributed by atoms with Gasteiger partial charge >= 0.3 is 0 Å². The van der Waals surface area contributed by atoms with E-state index in [9.17, 15) is 0 Å². The average Bonchev–Trinajstić information content (AvgIpc) is 2.66. The van der Waals surface area contributed by atoms with Crippen molar-refractivity contribution in [3.8, 4) is 0 Å². The van der Waals surface area contributed by atoms with Gasteiger partial charge in [-0.1, -0.05) is 18.2 Å². The molecule has 0 bridgehead atoms. The van der Waals surface area contributed by atoms with Crippen LogP contribution in [0.25, 0.3) is 10.1 Å². The van der Waals surface area contributed by atoms with E-state index in [-0.39, 0.29) is 0 Å². The summed E-state index contributed by atoms with van der Waals surface area (Å²) in [7, 11) is 4.38. The van der Waals surface area contributed by atoms with Crippen LogP contribution in [0.5, 0.6) is 0 Å². The molecule has 2 aromatic rings. The number of benzene rings is 1. The number of nitrogens with zero attached hydrogens (tertiary/aromatic N) is 1. The monoisotopic (exact) mass is 246 g/mol. The van der Waals surface area contributed by atoms with Crippen LogP contribution in [0.3, 0.4) is 0 Å². The highest BCUT2D eigenvalue weighted by Crippen LogP contribution is 2.37. The van der Waals surface area contributed by atoms with Crippen molar-refractivity contribution in [1.82, 2.24) is 10.2 Å². The van der Waals surface area contributed by atoms with E-state index >= 15 is 0 Å². The maximum Gasteiger partial charge on any atom is 0.0408 e. The quantitative estimate of drug-likeness (QED) is 0.896. The maximum absolute atomic E-state index is 3.38. The maximum atomic E-state index is 3.38. The molecule has 3 heteroatoms. The Hall–Kier alpha value is -0.900. The van der Waals surface area contributed by atoms with E-state index in [2.05, 4.69) is 54.0 Å². The molecule has 0 aliphatic carbocycles. The molecule has 1 aromatic heterocycles. The topological polar surface area (TPSA) is 15.3 Å². The molecule has 1 N–H and O–H groups in total. The molecule has 17 heavy (non-hydrogen) atoms. The third-order valence-corrected chi connectivity index (χ3v) is 4.63. The molecule has 90 valence electrons. The van der Waals surface area contributed by atoms with Crippen LogP contribution < -0.4 is 5.32 Å². The summed E-state index contributed by atoms with van der Waals surface area (Å²) >= 11 is 1.86. The zero-order chi connectivity index (χ0) is 11.8. The van der Waals surface area contributed by atoms with Crippen LogP contribution in [0.1, 0.15) is 11.6 Å². The minimum Gasteiger partial charge on any atom is -0.316 e. The first kappa shape index (κ1) is 11.2. The molecule has 1 fully saturated rings. The molecule has 1 saturated heterocycles. The lowest BCUT2D eigenvalue weighted by molar-refractivity contribution is 0.162. The van der Waals surface area contributed by atoms with Crippen LogP contribution in [0.15, 0.2) is 29.6 Å². The molecule has 1 aliphatic rings. The Kier molecular flexibility index (Phi) is 2.90. The lowest BCUT2D eigenvalue weighted by Crippen LogP contribution is -2.48. The van der Waals surface area contributed by atoms with Gasteiger partial charge in [-0.25, -0.2) is 0 Å². The van der Waals surface area contributed by atoms with Crippen LogP contribution >= 0.6 is 11.3 Å². The molecular formula is C14H18N2S. The predicted molar refractivity (Wildman–Crippen MR) is 74.6 cm³/mol. The van der Waals surface area contributed by atoms with Crippen molar-refractivity contribution < 1.29 is 0 Å². The molecule has 1 atom stereocenters. The summed E-state index contributed by atoms with van der Waals surface area (Å²) < 4.78 is 1.40. The number of hydrogen-bond donors (Lipinski definition) is 1. The molecule has 1 unspecified atom stereocenters. The van der Waals surface area contributed by atoms with Gasteiger partial charge in [0.25, 0.3) is 0 Å². The molecule has 0 amide bonds. The van der Waals surface area contributed by atoms with E-state index in [0.717, 1.165) is 19.0 Å². The summed E-state index contributed by atoms with van der Waals surface area (Å²) in [4.78, 5) is 2.36. The minimum absolute atomic E-state index is 0.549. The first-order valence-corrected chi connectivity index (χ1v) is 6.98. The lowest BCUT2D eigenvalue weighted by Gasteiger charge is -2.38. The van der Waals surface area contributed by atoms with Crippen molar-refractivity contribution in [3.05, 3.63) is 35.2 Å². The fourth-order valence-electron chi connectivity index (χ4n) is 2.72. The summed E-state index contributed by atoms with van der Waals surface area (Å²) in [6, 6.07) is 9.29. The molecule has 1 aromatic carbocycles. The van der Waals surface area contributed by atoms with E-state index in [1.807, 2.05) is 11.3 Å². The second kappa shape index (κ2) is 4.41. The normalized spacial score (nSPS) is 18.5. The zero-order valence-electron chi connectivity index (χ0n) is 10.3. The average molecular weight is 246 g/mol. The highest BCUT2D eigenvalue weighted by Gasteiger charge is 2.31. The van der Waals surface area contributed by atoms with Crippen molar-refractivity contribution in [2.75, 3.05) is 27.2 Å². The summed E-state index contributed by atoms with van der Waals surface area (Å²) in [6.07, 6.45) is 0. The smallest absolute Gasteiger partial charge is 0.0408 e. The van der Waals surface area contributed by atoms with Crippen molar-refractivity contribution in [3.63, 3.8) is 0 Å². The number of nitrogens with one attached hydrogen (secondary N) is 1. The van der Waals surface area contributed by atoms with E-state index in [0.29, 0.717) is 6.04 Å². The largest absolute Gasteiger partial charge is 0.316 e. The van der Waals surface area contributed by atoms with Crippen LogP contribution in [0.4, 0.5) is 0 Å². The summed E-state index contributed by atoms with van der Waals surface area (Å²) in [5.74, 6) is 0.753. The number of fused-ring (bicyclic) bond motifs is 1. The fraction of sp³-hybridized carbons (Fsp3) is 0.429. The third-order valence-electron chi connectivity index (χ3n) is 3.65. The van der Waals surface area contributed by atoms with Gasteiger partial charge in [0, 0.05) is 29.7 Å². The third kappa shape index (κ3) is 1.88. The molecule has 0 radical (unpaired) electrons. The van der Waals surface area contributed by atoms with Gasteiger partial charge in [-0.05, 0) is 36.5 Å². The van der Waals surface area contributed by atoms with Crippen molar-refractivity contribution >= 4 is 21.4 Å². The first-order chi connectivity index (χ1) is 8.27. The minimum atomic E-state index is 0.549. The molecule has 2 heterocycles. The van der Waals surface area contributed by atoms with Gasteiger partial charge in [0.15, 0.2) is 0 Å². The summed E-state index contributed by atoms with van der Waals surface area (Å²) in [5, 5.41) is 7.16. The van der Waals surface area contributed by atoms with Crippen LogP contribution in [-0.2, 0) is 0 Å². The molecule has 2 nitrogen and oxygen atoms in total. The molecule has 1 aliphatic heterocycles. The van der Waals surface area contributed by atoms with E-state index in [4.69, 9.17) is 0 Å². The second-order valence-electron chi connectivity index (χ2n) is 5.01. The molecule has 0 spiro atoms. The van der Waals surface area contributed by atoms with E-state index in [1.54, 1.807) is 0 Å². The second-order valence-corrected chi connectivity index (χ2v) is 5.93. The van der Waals surface area contributed by atoms with E-state index < -0.39 is 0 Å². The standard InChI is InChI=1S/C14H18N2S/c1-16(2)14(10-7-15-8-10)12-9-17-13-6-4-3-5-11(12)13/h3-6,9-10,14-15H,7-8H2,1-2H3.